The van der Waals surface area contributed by atoms with Gasteiger partial charge in [-0.1, -0.05) is 54.6 Å². The highest BCUT2D eigenvalue weighted by Crippen LogP contribution is 2.34. The summed E-state index contributed by atoms with van der Waals surface area (Å²) < 4.78 is 0. The van der Waals surface area contributed by atoms with Gasteiger partial charge in [-0.2, -0.15) is 0 Å². The Morgan fingerprint density at radius 3 is 1.79 bits per heavy atom. The summed E-state index contributed by atoms with van der Waals surface area (Å²) in [4.78, 5) is 20.8. The topological polar surface area (TPSA) is 86.3 Å². The van der Waals surface area contributed by atoms with E-state index in [9.17, 15) is 20.2 Å². The Morgan fingerprint density at radius 1 is 0.625 bits per heavy atom. The first-order valence-corrected chi connectivity index (χ1v) is 7.15. The molecule has 0 fully saturated rings. The zero-order valence-corrected chi connectivity index (χ0v) is 12.5. The monoisotopic (exact) mass is 320 g/mol. The third-order valence-corrected chi connectivity index (χ3v) is 3.69. The van der Waals surface area contributed by atoms with Crippen LogP contribution in [0.3, 0.4) is 0 Å². The van der Waals surface area contributed by atoms with Gasteiger partial charge in [0.1, 0.15) is 0 Å². The molecular weight excluding hydrogens is 308 g/mol. The fourth-order valence-corrected chi connectivity index (χ4v) is 2.50. The van der Waals surface area contributed by atoms with E-state index in [1.54, 1.807) is 12.1 Å². The Morgan fingerprint density at radius 2 is 1.21 bits per heavy atom. The van der Waals surface area contributed by atoms with Crippen LogP contribution in [0.2, 0.25) is 0 Å². The summed E-state index contributed by atoms with van der Waals surface area (Å²) in [5.41, 5.74) is 2.44. The van der Waals surface area contributed by atoms with Gasteiger partial charge in [0.2, 0.25) is 0 Å². The van der Waals surface area contributed by atoms with Crippen molar-refractivity contribution < 1.29 is 9.85 Å². The van der Waals surface area contributed by atoms with Gasteiger partial charge in [0.15, 0.2) is 0 Å². The molecule has 0 amide bonds. The quantitative estimate of drug-likeness (QED) is 0.508. The van der Waals surface area contributed by atoms with Crippen molar-refractivity contribution in [1.82, 2.24) is 0 Å². The van der Waals surface area contributed by atoms with E-state index >= 15 is 0 Å². The second-order valence-corrected chi connectivity index (χ2v) is 5.16. The summed E-state index contributed by atoms with van der Waals surface area (Å²) in [6.45, 7) is 0. The molecule has 3 aromatic rings. The molecule has 0 atom stereocenters. The molecule has 6 nitrogen and oxygen atoms in total. The van der Waals surface area contributed by atoms with Crippen molar-refractivity contribution >= 4 is 11.4 Å². The number of rotatable bonds is 4. The lowest BCUT2D eigenvalue weighted by Crippen LogP contribution is -1.95. The predicted molar refractivity (Wildman–Crippen MR) is 90.6 cm³/mol. The summed E-state index contributed by atoms with van der Waals surface area (Å²) in [5, 5.41) is 22.0. The third-order valence-electron chi connectivity index (χ3n) is 3.69. The zero-order chi connectivity index (χ0) is 17.1. The van der Waals surface area contributed by atoms with Gasteiger partial charge in [-0.3, -0.25) is 20.2 Å². The van der Waals surface area contributed by atoms with E-state index in [-0.39, 0.29) is 11.4 Å². The number of non-ortho nitro benzene ring substituents is 1. The second kappa shape index (κ2) is 6.29. The van der Waals surface area contributed by atoms with E-state index in [4.69, 9.17) is 0 Å². The Kier molecular flexibility index (Phi) is 4.03. The maximum atomic E-state index is 11.2. The summed E-state index contributed by atoms with van der Waals surface area (Å²) in [6.07, 6.45) is 0. The minimum atomic E-state index is -0.644. The Balaban J connectivity index is 2.03. The average Bonchev–Trinajstić information content (AvgIpc) is 2.62. The third kappa shape index (κ3) is 2.98. The first-order valence-electron chi connectivity index (χ1n) is 7.15. The molecule has 0 aliphatic carbocycles. The molecule has 24 heavy (non-hydrogen) atoms. The van der Waals surface area contributed by atoms with Gasteiger partial charge in [-0.25, -0.2) is 0 Å². The molecule has 3 rings (SSSR count). The van der Waals surface area contributed by atoms with Gasteiger partial charge < -0.3 is 0 Å². The van der Waals surface area contributed by atoms with Crippen molar-refractivity contribution in [2.45, 2.75) is 0 Å². The molecule has 0 saturated carbocycles. The SMILES string of the molecule is O=[N+]([O-])c1ccc(-c2ccc(-c3ccccc3)cc2)c([N+](=O)[O-])c1. The molecular formula is C18H12N2O4. The van der Waals surface area contributed by atoms with Crippen LogP contribution >= 0.6 is 0 Å². The highest BCUT2D eigenvalue weighted by molar-refractivity contribution is 5.77. The maximum absolute atomic E-state index is 11.2. The molecule has 3 aromatic carbocycles. The molecule has 0 spiro atoms. The highest BCUT2D eigenvalue weighted by atomic mass is 16.6. The molecule has 0 aromatic heterocycles. The number of nitro groups is 2. The number of nitro benzene ring substituents is 2. The molecule has 0 heterocycles. The van der Waals surface area contributed by atoms with Crippen LogP contribution in [0.1, 0.15) is 0 Å². The van der Waals surface area contributed by atoms with E-state index < -0.39 is 9.85 Å². The van der Waals surface area contributed by atoms with Crippen LogP contribution in [0.15, 0.2) is 72.8 Å². The lowest BCUT2D eigenvalue weighted by atomic mass is 9.99. The van der Waals surface area contributed by atoms with Gasteiger partial charge in [0.25, 0.3) is 11.4 Å². The molecule has 0 unspecified atom stereocenters. The molecule has 0 aliphatic rings. The van der Waals surface area contributed by atoms with Gasteiger partial charge in [0, 0.05) is 6.07 Å². The molecule has 0 radical (unpaired) electrons. The van der Waals surface area contributed by atoms with E-state index in [1.807, 2.05) is 42.5 Å². The summed E-state index contributed by atoms with van der Waals surface area (Å²) >= 11 is 0. The Bertz CT molecular complexity index is 906. The van der Waals surface area contributed by atoms with E-state index in [2.05, 4.69) is 0 Å². The molecule has 0 saturated heterocycles. The fraction of sp³-hybridized carbons (Fsp3) is 0. The zero-order valence-electron chi connectivity index (χ0n) is 12.5. The average molecular weight is 320 g/mol. The van der Waals surface area contributed by atoms with Gasteiger partial charge in [-0.15, -0.1) is 0 Å². The fourth-order valence-electron chi connectivity index (χ4n) is 2.50. The van der Waals surface area contributed by atoms with Crippen molar-refractivity contribution in [3.05, 3.63) is 93.0 Å². The molecule has 6 heteroatoms. The van der Waals surface area contributed by atoms with Crippen molar-refractivity contribution in [2.75, 3.05) is 0 Å². The van der Waals surface area contributed by atoms with E-state index in [0.717, 1.165) is 17.2 Å². The van der Waals surface area contributed by atoms with Crippen LogP contribution in [0.5, 0.6) is 0 Å². The van der Waals surface area contributed by atoms with Crippen LogP contribution < -0.4 is 0 Å². The normalized spacial score (nSPS) is 10.3. The highest BCUT2D eigenvalue weighted by Gasteiger charge is 2.20. The first kappa shape index (κ1) is 15.4. The van der Waals surface area contributed by atoms with Crippen LogP contribution in [-0.4, -0.2) is 9.85 Å². The van der Waals surface area contributed by atoms with Crippen molar-refractivity contribution in [3.8, 4) is 22.3 Å². The maximum Gasteiger partial charge on any atom is 0.284 e. The largest absolute Gasteiger partial charge is 0.284 e. The van der Waals surface area contributed by atoms with Crippen LogP contribution in [0.25, 0.3) is 22.3 Å². The minimum Gasteiger partial charge on any atom is -0.258 e. The van der Waals surface area contributed by atoms with Crippen LogP contribution in [0.4, 0.5) is 11.4 Å². The predicted octanol–water partition coefficient (Wildman–Crippen LogP) is 4.84. The summed E-state index contributed by atoms with van der Waals surface area (Å²) in [6, 6.07) is 20.7. The summed E-state index contributed by atoms with van der Waals surface area (Å²) in [5.74, 6) is 0. The van der Waals surface area contributed by atoms with Gasteiger partial charge >= 0.3 is 0 Å². The number of hydrogen-bond acceptors (Lipinski definition) is 4. The van der Waals surface area contributed by atoms with Crippen LogP contribution in [0, 0.1) is 20.2 Å². The lowest BCUT2D eigenvalue weighted by Gasteiger charge is -2.06. The minimum absolute atomic E-state index is 0.281. The Hall–Kier alpha value is -3.54. The smallest absolute Gasteiger partial charge is 0.258 e. The van der Waals surface area contributed by atoms with E-state index in [1.165, 1.54) is 12.1 Å². The number of hydrogen-bond donors (Lipinski definition) is 0. The number of benzene rings is 3. The molecule has 0 bridgehead atoms. The lowest BCUT2D eigenvalue weighted by molar-refractivity contribution is -0.393. The van der Waals surface area contributed by atoms with Crippen molar-refractivity contribution in [1.29, 1.82) is 0 Å². The van der Waals surface area contributed by atoms with Crippen molar-refractivity contribution in [2.24, 2.45) is 0 Å². The Labute approximate surface area is 137 Å². The second-order valence-electron chi connectivity index (χ2n) is 5.16. The molecule has 0 aliphatic heterocycles. The van der Waals surface area contributed by atoms with Gasteiger partial charge in [-0.05, 0) is 22.8 Å². The van der Waals surface area contributed by atoms with E-state index in [0.29, 0.717) is 11.1 Å². The van der Waals surface area contributed by atoms with Gasteiger partial charge in [0.05, 0.1) is 21.5 Å². The number of nitrogens with zero attached hydrogens (tertiary/aromatic N) is 2. The first-order chi connectivity index (χ1) is 11.6. The standard InChI is InChI=1S/C18H12N2O4/c21-19(22)16-10-11-17(18(12-16)20(23)24)15-8-6-14(7-9-15)13-4-2-1-3-5-13/h1-12H. The molecule has 0 N–H and O–H groups in total. The molecule has 118 valence electrons. The van der Waals surface area contributed by atoms with Crippen molar-refractivity contribution in [3.63, 3.8) is 0 Å². The van der Waals surface area contributed by atoms with Crippen LogP contribution in [-0.2, 0) is 0 Å². The summed E-state index contributed by atoms with van der Waals surface area (Å²) in [7, 11) is 0.